The molecular weight excluding hydrogens is 140 g/mol. The van der Waals surface area contributed by atoms with Crippen molar-refractivity contribution >= 4 is 21.6 Å². The summed E-state index contributed by atoms with van der Waals surface area (Å²) in [4.78, 5) is 0. The van der Waals surface area contributed by atoms with E-state index in [9.17, 15) is 5.11 Å². The Bertz CT molecular complexity index is 76.5. The maximum atomic E-state index is 9.22. The van der Waals surface area contributed by atoms with Gasteiger partial charge in [-0.3, -0.25) is 0 Å². The molecule has 3 atom stereocenters. The van der Waals surface area contributed by atoms with Crippen LogP contribution in [0.4, 0.5) is 0 Å². The third-order valence-electron chi connectivity index (χ3n) is 1.32. The highest BCUT2D eigenvalue weighted by atomic mass is 33.1. The molecule has 0 aromatic heterocycles. The third kappa shape index (κ3) is 1.14. The molecule has 0 bridgehead atoms. The number of hydrogen-bond acceptors (Lipinski definition) is 3. The Morgan fingerprint density at radius 3 is 1.62 bits per heavy atom. The fraction of sp³-hybridized carbons (Fsp3) is 1.00. The lowest BCUT2D eigenvalue weighted by molar-refractivity contribution is 0.180. The fourth-order valence-corrected chi connectivity index (χ4v) is 3.55. The average Bonchev–Trinajstić information content (AvgIpc) is 1.98. The normalized spacial score (nSPS) is 47.6. The average molecular weight is 150 g/mol. The minimum atomic E-state index is -0.0926. The summed E-state index contributed by atoms with van der Waals surface area (Å²) >= 11 is 0. The van der Waals surface area contributed by atoms with Crippen LogP contribution >= 0.6 is 21.6 Å². The zero-order valence-electron chi connectivity index (χ0n) is 5.00. The maximum Gasteiger partial charge on any atom is 0.0788 e. The SMILES string of the molecule is C[C@@H]1SS[C@H](C)C1O. The van der Waals surface area contributed by atoms with Crippen LogP contribution in [0, 0.1) is 0 Å². The van der Waals surface area contributed by atoms with Gasteiger partial charge in [-0.05, 0) is 13.8 Å². The summed E-state index contributed by atoms with van der Waals surface area (Å²) in [6, 6.07) is 0. The Kier molecular flexibility index (Phi) is 2.12. The number of hydrogen-bond donors (Lipinski definition) is 1. The van der Waals surface area contributed by atoms with Crippen molar-refractivity contribution in [3.63, 3.8) is 0 Å². The van der Waals surface area contributed by atoms with Crippen LogP contribution < -0.4 is 0 Å². The van der Waals surface area contributed by atoms with Gasteiger partial charge in [0.15, 0.2) is 0 Å². The van der Waals surface area contributed by atoms with Gasteiger partial charge in [0.25, 0.3) is 0 Å². The van der Waals surface area contributed by atoms with E-state index >= 15 is 0 Å². The second-order valence-electron chi connectivity index (χ2n) is 2.09. The number of rotatable bonds is 0. The van der Waals surface area contributed by atoms with Gasteiger partial charge < -0.3 is 5.11 Å². The van der Waals surface area contributed by atoms with E-state index in [1.54, 1.807) is 21.6 Å². The molecule has 0 amide bonds. The van der Waals surface area contributed by atoms with Crippen LogP contribution in [-0.2, 0) is 0 Å². The summed E-state index contributed by atoms with van der Waals surface area (Å²) in [5, 5.41) is 10.1. The van der Waals surface area contributed by atoms with Crippen LogP contribution in [0.15, 0.2) is 0 Å². The summed E-state index contributed by atoms with van der Waals surface area (Å²) in [7, 11) is 3.56. The molecule has 8 heavy (non-hydrogen) atoms. The van der Waals surface area contributed by atoms with Crippen molar-refractivity contribution in [3.05, 3.63) is 0 Å². The van der Waals surface area contributed by atoms with E-state index in [2.05, 4.69) is 13.8 Å². The molecule has 1 saturated heterocycles. The van der Waals surface area contributed by atoms with Gasteiger partial charge in [-0.15, -0.1) is 0 Å². The van der Waals surface area contributed by atoms with Crippen LogP contribution in [0.2, 0.25) is 0 Å². The highest BCUT2D eigenvalue weighted by molar-refractivity contribution is 8.77. The van der Waals surface area contributed by atoms with Crippen molar-refractivity contribution in [1.29, 1.82) is 0 Å². The summed E-state index contributed by atoms with van der Waals surface area (Å²) in [6.45, 7) is 4.12. The van der Waals surface area contributed by atoms with Crippen LogP contribution in [0.25, 0.3) is 0 Å². The van der Waals surface area contributed by atoms with Crippen molar-refractivity contribution in [2.75, 3.05) is 0 Å². The van der Waals surface area contributed by atoms with E-state index in [1.165, 1.54) is 0 Å². The molecule has 1 N–H and O–H groups in total. The Morgan fingerprint density at radius 2 is 1.50 bits per heavy atom. The zero-order chi connectivity index (χ0) is 6.15. The van der Waals surface area contributed by atoms with Crippen molar-refractivity contribution in [2.24, 2.45) is 0 Å². The molecule has 48 valence electrons. The number of aliphatic hydroxyl groups is 1. The molecule has 0 saturated carbocycles. The molecule has 0 spiro atoms. The highest BCUT2D eigenvalue weighted by Crippen LogP contribution is 2.42. The minimum Gasteiger partial charge on any atom is -0.391 e. The van der Waals surface area contributed by atoms with Gasteiger partial charge in [0.1, 0.15) is 0 Å². The Labute approximate surface area is 57.6 Å². The van der Waals surface area contributed by atoms with E-state index in [0.29, 0.717) is 10.5 Å². The van der Waals surface area contributed by atoms with Gasteiger partial charge in [0.2, 0.25) is 0 Å². The molecule has 0 aromatic rings. The number of aliphatic hydroxyl groups excluding tert-OH is 1. The Balaban J connectivity index is 2.44. The summed E-state index contributed by atoms with van der Waals surface area (Å²) in [5.41, 5.74) is 0. The van der Waals surface area contributed by atoms with E-state index in [0.717, 1.165) is 0 Å². The first kappa shape index (κ1) is 6.78. The fourth-order valence-electron chi connectivity index (χ4n) is 0.671. The van der Waals surface area contributed by atoms with E-state index < -0.39 is 0 Å². The van der Waals surface area contributed by atoms with E-state index in [-0.39, 0.29) is 6.10 Å². The van der Waals surface area contributed by atoms with E-state index in [4.69, 9.17) is 0 Å². The summed E-state index contributed by atoms with van der Waals surface area (Å²) in [5.74, 6) is 0. The standard InChI is InChI=1S/C5H10OS2/c1-3-5(6)4(2)8-7-3/h3-6H,1-2H3/t3-,4+,5?. The van der Waals surface area contributed by atoms with Crippen molar-refractivity contribution in [2.45, 2.75) is 30.5 Å². The molecule has 1 unspecified atom stereocenters. The minimum absolute atomic E-state index is 0.0926. The van der Waals surface area contributed by atoms with E-state index in [1.807, 2.05) is 0 Å². The van der Waals surface area contributed by atoms with Crippen molar-refractivity contribution in [3.8, 4) is 0 Å². The smallest absolute Gasteiger partial charge is 0.0788 e. The topological polar surface area (TPSA) is 20.2 Å². The second-order valence-corrected chi connectivity index (χ2v) is 5.12. The molecular formula is C5H10OS2. The Hall–Kier alpha value is 0.660. The highest BCUT2D eigenvalue weighted by Gasteiger charge is 2.29. The second kappa shape index (κ2) is 2.50. The molecule has 1 rings (SSSR count). The third-order valence-corrected chi connectivity index (χ3v) is 4.75. The maximum absolute atomic E-state index is 9.22. The first-order valence-electron chi connectivity index (χ1n) is 2.72. The van der Waals surface area contributed by atoms with Crippen LogP contribution in [0.1, 0.15) is 13.8 Å². The molecule has 1 nitrogen and oxygen atoms in total. The summed E-state index contributed by atoms with van der Waals surface area (Å²) < 4.78 is 0. The van der Waals surface area contributed by atoms with Crippen molar-refractivity contribution < 1.29 is 5.11 Å². The molecule has 1 aliphatic rings. The lowest BCUT2D eigenvalue weighted by Crippen LogP contribution is -2.22. The zero-order valence-corrected chi connectivity index (χ0v) is 6.63. The lowest BCUT2D eigenvalue weighted by Gasteiger charge is -2.07. The predicted octanol–water partition coefficient (Wildman–Crippen LogP) is 1.52. The van der Waals surface area contributed by atoms with Gasteiger partial charge in [0, 0.05) is 10.5 Å². The molecule has 3 heteroatoms. The van der Waals surface area contributed by atoms with Crippen LogP contribution in [-0.4, -0.2) is 21.7 Å². The first-order valence-corrected chi connectivity index (χ1v) is 4.99. The summed E-state index contributed by atoms with van der Waals surface area (Å²) in [6.07, 6.45) is -0.0926. The molecule has 1 fully saturated rings. The van der Waals surface area contributed by atoms with Gasteiger partial charge in [0.05, 0.1) is 6.10 Å². The molecule has 1 heterocycles. The molecule has 0 aromatic carbocycles. The van der Waals surface area contributed by atoms with Gasteiger partial charge in [-0.1, -0.05) is 21.6 Å². The van der Waals surface area contributed by atoms with Gasteiger partial charge >= 0.3 is 0 Å². The van der Waals surface area contributed by atoms with Crippen LogP contribution in [0.3, 0.4) is 0 Å². The molecule has 1 aliphatic heterocycles. The first-order chi connectivity index (χ1) is 3.72. The lowest BCUT2D eigenvalue weighted by atomic mass is 10.2. The van der Waals surface area contributed by atoms with Gasteiger partial charge in [-0.2, -0.15) is 0 Å². The predicted molar refractivity (Wildman–Crippen MR) is 40.1 cm³/mol. The monoisotopic (exact) mass is 150 g/mol. The molecule has 0 aliphatic carbocycles. The molecule has 0 radical (unpaired) electrons. The van der Waals surface area contributed by atoms with Crippen LogP contribution in [0.5, 0.6) is 0 Å². The largest absolute Gasteiger partial charge is 0.391 e. The Morgan fingerprint density at radius 1 is 1.12 bits per heavy atom. The van der Waals surface area contributed by atoms with Gasteiger partial charge in [-0.25, -0.2) is 0 Å². The van der Waals surface area contributed by atoms with Crippen molar-refractivity contribution in [1.82, 2.24) is 0 Å². The quantitative estimate of drug-likeness (QED) is 0.529.